The summed E-state index contributed by atoms with van der Waals surface area (Å²) in [4.78, 5) is 2.77. The molecule has 0 aromatic heterocycles. The van der Waals surface area contributed by atoms with Crippen LogP contribution in [-0.4, -0.2) is 30.6 Å². The van der Waals surface area contributed by atoms with E-state index < -0.39 is 0 Å². The molecule has 0 aromatic carbocycles. The lowest BCUT2D eigenvalue weighted by Crippen LogP contribution is -2.51. The van der Waals surface area contributed by atoms with Crippen molar-refractivity contribution >= 4 is 0 Å². The van der Waals surface area contributed by atoms with Crippen LogP contribution < -0.4 is 5.73 Å². The highest BCUT2D eigenvalue weighted by molar-refractivity contribution is 5.03. The molecule has 0 amide bonds. The fraction of sp³-hybridized carbons (Fsp3) is 1.00. The van der Waals surface area contributed by atoms with Crippen LogP contribution in [0.25, 0.3) is 0 Å². The Kier molecular flexibility index (Phi) is 2.97. The molecule has 108 valence electrons. The van der Waals surface area contributed by atoms with Gasteiger partial charge < -0.3 is 10.6 Å². The summed E-state index contributed by atoms with van der Waals surface area (Å²) in [5.74, 6) is 4.04. The Bertz CT molecular complexity index is 314. The average molecular weight is 262 g/mol. The van der Waals surface area contributed by atoms with E-state index in [2.05, 4.69) is 11.8 Å². The standard InChI is InChI=1S/C17H30N2/c1-12(18)16-2-3-19(10-16)11-17-7-13-4-14(8-17)6-15(5-13)9-17/h12-16H,2-11,18H2,1H3. The van der Waals surface area contributed by atoms with Crippen molar-refractivity contribution in [2.45, 2.75) is 57.9 Å². The van der Waals surface area contributed by atoms with Crippen molar-refractivity contribution in [2.75, 3.05) is 19.6 Å². The predicted octanol–water partition coefficient (Wildman–Crippen LogP) is 2.87. The number of hydrogen-bond donors (Lipinski definition) is 1. The largest absolute Gasteiger partial charge is 0.328 e. The van der Waals surface area contributed by atoms with Crippen LogP contribution in [-0.2, 0) is 0 Å². The molecular formula is C17H30N2. The van der Waals surface area contributed by atoms with Gasteiger partial charge in [-0.05, 0) is 87.5 Å². The molecule has 5 aliphatic rings. The molecule has 1 heterocycles. The van der Waals surface area contributed by atoms with E-state index in [1.807, 2.05) is 0 Å². The van der Waals surface area contributed by atoms with Gasteiger partial charge >= 0.3 is 0 Å². The third-order valence-corrected chi connectivity index (χ3v) is 6.78. The summed E-state index contributed by atoms with van der Waals surface area (Å²) in [6, 6.07) is 0.390. The minimum Gasteiger partial charge on any atom is -0.328 e. The predicted molar refractivity (Wildman–Crippen MR) is 78.8 cm³/mol. The van der Waals surface area contributed by atoms with E-state index in [1.165, 1.54) is 26.1 Å². The van der Waals surface area contributed by atoms with Crippen molar-refractivity contribution in [3.63, 3.8) is 0 Å². The van der Waals surface area contributed by atoms with Crippen LogP contribution in [0.4, 0.5) is 0 Å². The molecule has 1 aliphatic heterocycles. The first-order valence-electron chi connectivity index (χ1n) is 8.60. The Morgan fingerprint density at radius 1 is 1.11 bits per heavy atom. The Labute approximate surface area is 118 Å². The summed E-state index contributed by atoms with van der Waals surface area (Å²) < 4.78 is 0. The highest BCUT2D eigenvalue weighted by atomic mass is 15.2. The molecule has 2 unspecified atom stereocenters. The number of hydrogen-bond acceptors (Lipinski definition) is 2. The zero-order valence-electron chi connectivity index (χ0n) is 12.5. The van der Waals surface area contributed by atoms with E-state index in [9.17, 15) is 0 Å². The van der Waals surface area contributed by atoms with Crippen molar-refractivity contribution in [1.29, 1.82) is 0 Å². The Morgan fingerprint density at radius 2 is 1.68 bits per heavy atom. The molecule has 1 saturated heterocycles. The summed E-state index contributed by atoms with van der Waals surface area (Å²) in [6.45, 7) is 6.19. The molecule has 4 saturated carbocycles. The van der Waals surface area contributed by atoms with Gasteiger partial charge in [0.1, 0.15) is 0 Å². The van der Waals surface area contributed by atoms with Crippen molar-refractivity contribution in [3.05, 3.63) is 0 Å². The van der Waals surface area contributed by atoms with Crippen LogP contribution in [0.5, 0.6) is 0 Å². The zero-order valence-corrected chi connectivity index (χ0v) is 12.5. The van der Waals surface area contributed by atoms with Crippen molar-refractivity contribution in [3.8, 4) is 0 Å². The first-order chi connectivity index (χ1) is 9.12. The average Bonchev–Trinajstić information content (AvgIpc) is 2.74. The van der Waals surface area contributed by atoms with Crippen LogP contribution in [0.1, 0.15) is 51.9 Å². The Balaban J connectivity index is 1.43. The van der Waals surface area contributed by atoms with E-state index in [1.54, 1.807) is 38.5 Å². The molecule has 4 aliphatic carbocycles. The second kappa shape index (κ2) is 4.46. The fourth-order valence-corrected chi connectivity index (χ4v) is 6.39. The lowest BCUT2D eigenvalue weighted by Gasteiger charge is -2.57. The van der Waals surface area contributed by atoms with Gasteiger partial charge in [-0.2, -0.15) is 0 Å². The van der Waals surface area contributed by atoms with Gasteiger partial charge in [-0.15, -0.1) is 0 Å². The van der Waals surface area contributed by atoms with Crippen molar-refractivity contribution in [2.24, 2.45) is 34.8 Å². The van der Waals surface area contributed by atoms with Gasteiger partial charge in [-0.3, -0.25) is 0 Å². The van der Waals surface area contributed by atoms with Gasteiger partial charge in [0, 0.05) is 19.1 Å². The Hall–Kier alpha value is -0.0800. The van der Waals surface area contributed by atoms with E-state index in [0.717, 1.165) is 29.1 Å². The lowest BCUT2D eigenvalue weighted by molar-refractivity contribution is -0.0669. The monoisotopic (exact) mass is 262 g/mol. The normalized spacial score (nSPS) is 50.8. The first kappa shape index (κ1) is 12.6. The molecule has 2 heteroatoms. The van der Waals surface area contributed by atoms with Crippen LogP contribution in [0.2, 0.25) is 0 Å². The summed E-state index contributed by atoms with van der Waals surface area (Å²) >= 11 is 0. The van der Waals surface area contributed by atoms with Crippen LogP contribution in [0, 0.1) is 29.1 Å². The molecule has 0 spiro atoms. The molecule has 5 fully saturated rings. The van der Waals surface area contributed by atoms with Gasteiger partial charge in [0.05, 0.1) is 0 Å². The maximum atomic E-state index is 6.09. The van der Waals surface area contributed by atoms with Crippen LogP contribution in [0.15, 0.2) is 0 Å². The van der Waals surface area contributed by atoms with Crippen molar-refractivity contribution < 1.29 is 0 Å². The zero-order chi connectivity index (χ0) is 13.0. The lowest BCUT2D eigenvalue weighted by atomic mass is 9.49. The number of nitrogens with two attached hydrogens (primary N) is 1. The fourth-order valence-electron chi connectivity index (χ4n) is 6.39. The minimum atomic E-state index is 0.390. The SMILES string of the molecule is CC(N)C1CCN(CC23CC4CC(CC(C4)C2)C3)C1. The number of nitrogens with zero attached hydrogens (tertiary/aromatic N) is 1. The van der Waals surface area contributed by atoms with Gasteiger partial charge in [0.2, 0.25) is 0 Å². The maximum absolute atomic E-state index is 6.09. The third-order valence-electron chi connectivity index (χ3n) is 6.78. The van der Waals surface area contributed by atoms with Gasteiger partial charge in [-0.1, -0.05) is 0 Å². The molecule has 0 radical (unpaired) electrons. The van der Waals surface area contributed by atoms with E-state index >= 15 is 0 Å². The molecule has 2 nitrogen and oxygen atoms in total. The molecule has 19 heavy (non-hydrogen) atoms. The smallest absolute Gasteiger partial charge is 0.00514 e. The minimum absolute atomic E-state index is 0.390. The number of rotatable bonds is 3. The third kappa shape index (κ3) is 2.25. The molecule has 4 bridgehead atoms. The second-order valence-corrected chi connectivity index (χ2v) is 8.56. The van der Waals surface area contributed by atoms with Crippen LogP contribution in [0.3, 0.4) is 0 Å². The van der Waals surface area contributed by atoms with Gasteiger partial charge in [0.15, 0.2) is 0 Å². The quantitative estimate of drug-likeness (QED) is 0.847. The topological polar surface area (TPSA) is 29.3 Å². The molecular weight excluding hydrogens is 232 g/mol. The second-order valence-electron chi connectivity index (χ2n) is 8.56. The van der Waals surface area contributed by atoms with E-state index in [4.69, 9.17) is 5.73 Å². The maximum Gasteiger partial charge on any atom is 0.00514 e. The Morgan fingerprint density at radius 3 is 2.16 bits per heavy atom. The van der Waals surface area contributed by atoms with Crippen LogP contribution >= 0.6 is 0 Å². The summed E-state index contributed by atoms with van der Waals surface area (Å²) in [6.07, 6.45) is 10.7. The highest BCUT2D eigenvalue weighted by Crippen LogP contribution is 2.60. The first-order valence-corrected chi connectivity index (χ1v) is 8.60. The molecule has 2 N–H and O–H groups in total. The highest BCUT2D eigenvalue weighted by Gasteiger charge is 2.51. The number of likely N-dealkylation sites (tertiary alicyclic amines) is 1. The molecule has 2 atom stereocenters. The van der Waals surface area contributed by atoms with E-state index in [-0.39, 0.29) is 0 Å². The van der Waals surface area contributed by atoms with Crippen molar-refractivity contribution in [1.82, 2.24) is 4.90 Å². The van der Waals surface area contributed by atoms with Gasteiger partial charge in [0.25, 0.3) is 0 Å². The summed E-state index contributed by atoms with van der Waals surface area (Å²) in [7, 11) is 0. The van der Waals surface area contributed by atoms with E-state index in [0.29, 0.717) is 6.04 Å². The molecule has 5 rings (SSSR count). The van der Waals surface area contributed by atoms with Gasteiger partial charge in [-0.25, -0.2) is 0 Å². The summed E-state index contributed by atoms with van der Waals surface area (Å²) in [5.41, 5.74) is 6.82. The molecule has 0 aromatic rings. The summed E-state index contributed by atoms with van der Waals surface area (Å²) in [5, 5.41) is 0.